The van der Waals surface area contributed by atoms with Crippen molar-refractivity contribution in [2.24, 2.45) is 0 Å². The molecule has 122 valence electrons. The second-order valence-electron chi connectivity index (χ2n) is 5.62. The second-order valence-corrected chi connectivity index (χ2v) is 5.62. The highest BCUT2D eigenvalue weighted by atomic mass is 19.1. The minimum Gasteiger partial charge on any atom is -0.385 e. The van der Waals surface area contributed by atoms with Crippen LogP contribution in [-0.4, -0.2) is 17.6 Å². The third-order valence-electron chi connectivity index (χ3n) is 3.66. The van der Waals surface area contributed by atoms with Crippen LogP contribution in [0.25, 0.3) is 0 Å². The van der Waals surface area contributed by atoms with E-state index in [-0.39, 0.29) is 30.9 Å². The molecule has 2 aromatic carbocycles. The van der Waals surface area contributed by atoms with Gasteiger partial charge in [-0.25, -0.2) is 8.78 Å². The Hall–Kier alpha value is -2.27. The van der Waals surface area contributed by atoms with E-state index in [4.69, 9.17) is 0 Å². The molecule has 0 aromatic heterocycles. The highest BCUT2D eigenvalue weighted by Crippen LogP contribution is 2.23. The summed E-state index contributed by atoms with van der Waals surface area (Å²) in [4.78, 5) is 11.9. The molecule has 3 nitrogen and oxygen atoms in total. The number of nitrogens with one attached hydrogen (secondary N) is 1. The van der Waals surface area contributed by atoms with Crippen molar-refractivity contribution in [3.8, 4) is 0 Å². The molecule has 0 aliphatic carbocycles. The molecule has 0 aliphatic heterocycles. The molecule has 1 unspecified atom stereocenters. The minimum absolute atomic E-state index is 0.0531. The number of aliphatic hydroxyl groups is 1. The SMILES string of the molecule is CC(O)(CC(=O)NCCc1c(F)cccc1F)c1ccccc1. The molecule has 0 saturated carbocycles. The van der Waals surface area contributed by atoms with Gasteiger partial charge in [-0.15, -0.1) is 0 Å². The lowest BCUT2D eigenvalue weighted by Crippen LogP contribution is -2.33. The van der Waals surface area contributed by atoms with Gasteiger partial charge in [0, 0.05) is 12.1 Å². The van der Waals surface area contributed by atoms with Gasteiger partial charge in [-0.2, -0.15) is 0 Å². The first-order chi connectivity index (χ1) is 10.9. The number of carbonyl (C=O) groups excluding carboxylic acids is 1. The molecule has 0 fully saturated rings. The molecule has 1 atom stereocenters. The monoisotopic (exact) mass is 319 g/mol. The molecule has 2 N–H and O–H groups in total. The number of benzene rings is 2. The summed E-state index contributed by atoms with van der Waals surface area (Å²) in [7, 11) is 0. The largest absolute Gasteiger partial charge is 0.385 e. The van der Waals surface area contributed by atoms with Crippen molar-refractivity contribution in [1.29, 1.82) is 0 Å². The van der Waals surface area contributed by atoms with Crippen molar-refractivity contribution >= 4 is 5.91 Å². The lowest BCUT2D eigenvalue weighted by Gasteiger charge is -2.23. The maximum absolute atomic E-state index is 13.5. The lowest BCUT2D eigenvalue weighted by molar-refractivity contribution is -0.125. The Labute approximate surface area is 134 Å². The third-order valence-corrected chi connectivity index (χ3v) is 3.66. The fourth-order valence-corrected chi connectivity index (χ4v) is 2.37. The predicted molar refractivity (Wildman–Crippen MR) is 83.7 cm³/mol. The molecule has 0 spiro atoms. The fourth-order valence-electron chi connectivity index (χ4n) is 2.37. The van der Waals surface area contributed by atoms with Crippen LogP contribution in [0, 0.1) is 11.6 Å². The average Bonchev–Trinajstić information content (AvgIpc) is 2.51. The molecule has 0 heterocycles. The number of carbonyl (C=O) groups is 1. The van der Waals surface area contributed by atoms with E-state index in [1.54, 1.807) is 31.2 Å². The Balaban J connectivity index is 1.88. The zero-order valence-corrected chi connectivity index (χ0v) is 12.9. The summed E-state index contributed by atoms with van der Waals surface area (Å²) in [5, 5.41) is 13.0. The molecule has 1 amide bonds. The van der Waals surface area contributed by atoms with Gasteiger partial charge in [-0.05, 0) is 31.0 Å². The van der Waals surface area contributed by atoms with Crippen LogP contribution in [0.2, 0.25) is 0 Å². The molecule has 0 saturated heterocycles. The van der Waals surface area contributed by atoms with Crippen LogP contribution in [0.4, 0.5) is 8.78 Å². The van der Waals surface area contributed by atoms with Crippen LogP contribution in [0.1, 0.15) is 24.5 Å². The fraction of sp³-hybridized carbons (Fsp3) is 0.278. The Morgan fingerprint density at radius 1 is 1.09 bits per heavy atom. The molecule has 23 heavy (non-hydrogen) atoms. The molecular formula is C18H19F2NO2. The number of halogens is 2. The second kappa shape index (κ2) is 7.33. The van der Waals surface area contributed by atoms with Crippen molar-refractivity contribution < 1.29 is 18.7 Å². The van der Waals surface area contributed by atoms with Gasteiger partial charge >= 0.3 is 0 Å². The molecule has 2 rings (SSSR count). The Kier molecular flexibility index (Phi) is 5.45. The smallest absolute Gasteiger partial charge is 0.223 e. The molecule has 0 aliphatic rings. The Bertz CT molecular complexity index is 652. The van der Waals surface area contributed by atoms with E-state index in [1.165, 1.54) is 18.2 Å². The van der Waals surface area contributed by atoms with Crippen LogP contribution in [0.3, 0.4) is 0 Å². The first kappa shape index (κ1) is 17.1. The number of amides is 1. The molecule has 5 heteroatoms. The molecule has 0 radical (unpaired) electrons. The Morgan fingerprint density at radius 3 is 2.30 bits per heavy atom. The summed E-state index contributed by atoms with van der Waals surface area (Å²) < 4.78 is 26.9. The highest BCUT2D eigenvalue weighted by molar-refractivity contribution is 5.77. The van der Waals surface area contributed by atoms with Crippen LogP contribution in [-0.2, 0) is 16.8 Å². The van der Waals surface area contributed by atoms with E-state index in [2.05, 4.69) is 5.32 Å². The zero-order chi connectivity index (χ0) is 16.9. The van der Waals surface area contributed by atoms with Gasteiger partial charge in [0.1, 0.15) is 11.6 Å². The average molecular weight is 319 g/mol. The van der Waals surface area contributed by atoms with Gasteiger partial charge in [0.05, 0.1) is 12.0 Å². The van der Waals surface area contributed by atoms with Gasteiger partial charge in [-0.3, -0.25) is 4.79 Å². The van der Waals surface area contributed by atoms with E-state index in [0.717, 1.165) is 0 Å². The topological polar surface area (TPSA) is 49.3 Å². The maximum Gasteiger partial charge on any atom is 0.223 e. The lowest BCUT2D eigenvalue weighted by atomic mass is 9.92. The number of rotatable bonds is 6. The highest BCUT2D eigenvalue weighted by Gasteiger charge is 2.26. The van der Waals surface area contributed by atoms with Gasteiger partial charge in [0.2, 0.25) is 5.91 Å². The summed E-state index contributed by atoms with van der Waals surface area (Å²) in [6.45, 7) is 1.65. The van der Waals surface area contributed by atoms with Crippen LogP contribution in [0.15, 0.2) is 48.5 Å². The van der Waals surface area contributed by atoms with E-state index in [1.807, 2.05) is 6.07 Å². The van der Waals surface area contributed by atoms with E-state index < -0.39 is 17.2 Å². The quantitative estimate of drug-likeness (QED) is 0.860. The summed E-state index contributed by atoms with van der Waals surface area (Å²) >= 11 is 0. The first-order valence-electron chi connectivity index (χ1n) is 7.37. The Morgan fingerprint density at radius 2 is 1.70 bits per heavy atom. The van der Waals surface area contributed by atoms with Crippen LogP contribution < -0.4 is 5.32 Å². The van der Waals surface area contributed by atoms with E-state index in [0.29, 0.717) is 5.56 Å². The van der Waals surface area contributed by atoms with Crippen molar-refractivity contribution in [3.63, 3.8) is 0 Å². The maximum atomic E-state index is 13.5. The first-order valence-corrected chi connectivity index (χ1v) is 7.37. The predicted octanol–water partition coefficient (Wildman–Crippen LogP) is 2.92. The summed E-state index contributed by atoms with van der Waals surface area (Å²) in [5.74, 6) is -1.64. The number of hydrogen-bond donors (Lipinski definition) is 2. The van der Waals surface area contributed by atoms with Crippen molar-refractivity contribution in [1.82, 2.24) is 5.32 Å². The molecule has 0 bridgehead atoms. The third kappa shape index (κ3) is 4.60. The molecular weight excluding hydrogens is 300 g/mol. The standard InChI is InChI=1S/C18H19F2NO2/c1-18(23,13-6-3-2-4-7-13)12-17(22)21-11-10-14-15(19)8-5-9-16(14)20/h2-9,23H,10-12H2,1H3,(H,21,22). The summed E-state index contributed by atoms with van der Waals surface area (Å²) in [5.41, 5.74) is -0.716. The van der Waals surface area contributed by atoms with Crippen molar-refractivity contribution in [2.45, 2.75) is 25.4 Å². The van der Waals surface area contributed by atoms with Gasteiger partial charge in [0.15, 0.2) is 0 Å². The minimum atomic E-state index is -1.30. The van der Waals surface area contributed by atoms with E-state index >= 15 is 0 Å². The summed E-state index contributed by atoms with van der Waals surface area (Å²) in [6, 6.07) is 12.5. The van der Waals surface area contributed by atoms with Crippen molar-refractivity contribution in [2.75, 3.05) is 6.54 Å². The van der Waals surface area contributed by atoms with E-state index in [9.17, 15) is 18.7 Å². The summed E-state index contributed by atoms with van der Waals surface area (Å²) in [6.07, 6.45) is -0.0749. The van der Waals surface area contributed by atoms with Crippen LogP contribution >= 0.6 is 0 Å². The molecule has 2 aromatic rings. The van der Waals surface area contributed by atoms with Crippen LogP contribution in [0.5, 0.6) is 0 Å². The van der Waals surface area contributed by atoms with Crippen molar-refractivity contribution in [3.05, 3.63) is 71.3 Å². The van der Waals surface area contributed by atoms with Gasteiger partial charge in [-0.1, -0.05) is 36.4 Å². The zero-order valence-electron chi connectivity index (χ0n) is 12.9. The van der Waals surface area contributed by atoms with Gasteiger partial charge in [0.25, 0.3) is 0 Å². The van der Waals surface area contributed by atoms with Gasteiger partial charge < -0.3 is 10.4 Å². The normalized spacial score (nSPS) is 13.4. The number of hydrogen-bond acceptors (Lipinski definition) is 2.